The van der Waals surface area contributed by atoms with Crippen LogP contribution in [0.15, 0.2) is 54.9 Å². The largest absolute Gasteiger partial charge is 0.496 e. The van der Waals surface area contributed by atoms with Gasteiger partial charge in [0.25, 0.3) is 5.91 Å². The molecule has 6 nitrogen and oxygen atoms in total. The molecule has 1 aromatic heterocycles. The van der Waals surface area contributed by atoms with Gasteiger partial charge in [-0.3, -0.25) is 19.7 Å². The van der Waals surface area contributed by atoms with Crippen molar-refractivity contribution < 1.29 is 9.53 Å². The lowest BCUT2D eigenvalue weighted by Gasteiger charge is -2.35. The van der Waals surface area contributed by atoms with E-state index in [2.05, 4.69) is 20.9 Å². The van der Waals surface area contributed by atoms with Gasteiger partial charge < -0.3 is 9.64 Å². The highest BCUT2D eigenvalue weighted by Crippen LogP contribution is 2.21. The fourth-order valence-electron chi connectivity index (χ4n) is 3.52. The molecule has 0 saturated carbocycles. The number of hydrogen-bond donors (Lipinski definition) is 0. The van der Waals surface area contributed by atoms with Crippen molar-refractivity contribution >= 4 is 16.9 Å². The van der Waals surface area contributed by atoms with Gasteiger partial charge in [0.05, 0.1) is 23.7 Å². The average Bonchev–Trinajstić information content (AvgIpc) is 2.74. The van der Waals surface area contributed by atoms with E-state index < -0.39 is 0 Å². The summed E-state index contributed by atoms with van der Waals surface area (Å²) in [4.78, 5) is 25.9. The normalized spacial score (nSPS) is 15.1. The number of fused-ring (bicyclic) bond motifs is 1. The number of ether oxygens (including phenoxy) is 1. The molecule has 0 bridgehead atoms. The van der Waals surface area contributed by atoms with Crippen molar-refractivity contribution in [2.45, 2.75) is 6.54 Å². The highest BCUT2D eigenvalue weighted by molar-refractivity contribution is 5.97. The zero-order chi connectivity index (χ0) is 18.6. The van der Waals surface area contributed by atoms with Crippen LogP contribution in [-0.4, -0.2) is 59.0 Å². The summed E-state index contributed by atoms with van der Waals surface area (Å²) in [6.45, 7) is 3.88. The molecule has 6 heteroatoms. The monoisotopic (exact) mass is 362 g/mol. The minimum atomic E-state index is 0.0307. The summed E-state index contributed by atoms with van der Waals surface area (Å²) < 4.78 is 5.33. The van der Waals surface area contributed by atoms with Crippen LogP contribution in [0.2, 0.25) is 0 Å². The number of aromatic nitrogens is 2. The maximum atomic E-state index is 12.8. The van der Waals surface area contributed by atoms with Gasteiger partial charge >= 0.3 is 0 Å². The van der Waals surface area contributed by atoms with Crippen LogP contribution in [0.1, 0.15) is 15.9 Å². The molecule has 0 atom stereocenters. The highest BCUT2D eigenvalue weighted by atomic mass is 16.5. The van der Waals surface area contributed by atoms with Gasteiger partial charge in [-0.1, -0.05) is 24.3 Å². The smallest absolute Gasteiger partial charge is 0.257 e. The van der Waals surface area contributed by atoms with Gasteiger partial charge in [0.15, 0.2) is 0 Å². The van der Waals surface area contributed by atoms with Crippen LogP contribution in [0, 0.1) is 0 Å². The van der Waals surface area contributed by atoms with Gasteiger partial charge in [0, 0.05) is 45.1 Å². The van der Waals surface area contributed by atoms with E-state index in [1.807, 2.05) is 41.3 Å². The maximum Gasteiger partial charge on any atom is 0.257 e. The number of carbonyl (C=O) groups is 1. The molecule has 1 saturated heterocycles. The van der Waals surface area contributed by atoms with E-state index in [4.69, 9.17) is 4.74 Å². The zero-order valence-corrected chi connectivity index (χ0v) is 15.3. The summed E-state index contributed by atoms with van der Waals surface area (Å²) in [5.74, 6) is 0.655. The van der Waals surface area contributed by atoms with Crippen LogP contribution < -0.4 is 4.74 Å². The summed E-state index contributed by atoms with van der Waals surface area (Å²) in [5.41, 5.74) is 3.66. The molecule has 1 amide bonds. The first-order chi connectivity index (χ1) is 13.3. The molecule has 2 heterocycles. The summed E-state index contributed by atoms with van der Waals surface area (Å²) in [6, 6.07) is 13.5. The van der Waals surface area contributed by atoms with E-state index in [0.29, 0.717) is 24.4 Å². The van der Waals surface area contributed by atoms with E-state index in [1.165, 1.54) is 5.56 Å². The van der Waals surface area contributed by atoms with Crippen molar-refractivity contribution in [2.75, 3.05) is 33.3 Å². The molecule has 0 N–H and O–H groups in total. The summed E-state index contributed by atoms with van der Waals surface area (Å²) >= 11 is 0. The van der Waals surface area contributed by atoms with E-state index >= 15 is 0 Å². The molecule has 1 aliphatic heterocycles. The fraction of sp³-hybridized carbons (Fsp3) is 0.286. The van der Waals surface area contributed by atoms with Crippen LogP contribution in [-0.2, 0) is 6.54 Å². The van der Waals surface area contributed by atoms with E-state index in [9.17, 15) is 4.79 Å². The van der Waals surface area contributed by atoms with Gasteiger partial charge in [-0.2, -0.15) is 0 Å². The number of benzene rings is 2. The average molecular weight is 362 g/mol. The number of carbonyl (C=O) groups excluding carboxylic acids is 1. The van der Waals surface area contributed by atoms with Gasteiger partial charge in [0.1, 0.15) is 5.75 Å². The predicted octanol–water partition coefficient (Wildman–Crippen LogP) is 2.60. The third-order valence-corrected chi connectivity index (χ3v) is 4.97. The highest BCUT2D eigenvalue weighted by Gasteiger charge is 2.24. The lowest BCUT2D eigenvalue weighted by atomic mass is 10.1. The standard InChI is InChI=1S/C21H22N4O2/c1-27-19-8-3-2-6-17(19)21(26)25-13-11-24(12-14-25)15-16-5-4-7-18-20(16)23-10-9-22-18/h2-10H,11-15H2,1H3. The molecular formula is C21H22N4O2. The molecule has 0 radical (unpaired) electrons. The molecule has 3 aromatic rings. The Labute approximate surface area is 158 Å². The van der Waals surface area contributed by atoms with Gasteiger partial charge in [-0.15, -0.1) is 0 Å². The Morgan fingerprint density at radius 3 is 2.59 bits per heavy atom. The van der Waals surface area contributed by atoms with E-state index in [1.54, 1.807) is 19.5 Å². The molecular weight excluding hydrogens is 340 g/mol. The molecule has 0 unspecified atom stereocenters. The summed E-state index contributed by atoms with van der Waals surface area (Å²) in [5, 5.41) is 0. The Morgan fingerprint density at radius 1 is 1.00 bits per heavy atom. The molecule has 138 valence electrons. The minimum absolute atomic E-state index is 0.0307. The van der Waals surface area contributed by atoms with Crippen LogP contribution in [0.5, 0.6) is 5.75 Å². The third-order valence-electron chi connectivity index (χ3n) is 4.97. The fourth-order valence-corrected chi connectivity index (χ4v) is 3.52. The third kappa shape index (κ3) is 3.61. The van der Waals surface area contributed by atoms with Crippen molar-refractivity contribution in [1.82, 2.24) is 19.8 Å². The minimum Gasteiger partial charge on any atom is -0.496 e. The number of nitrogens with zero attached hydrogens (tertiary/aromatic N) is 4. The molecule has 1 fully saturated rings. The molecule has 2 aromatic carbocycles. The van der Waals surface area contributed by atoms with Crippen molar-refractivity contribution in [3.63, 3.8) is 0 Å². The lowest BCUT2D eigenvalue weighted by Crippen LogP contribution is -2.48. The Kier molecular flexibility index (Phi) is 4.98. The Hall–Kier alpha value is -2.99. The Morgan fingerprint density at radius 2 is 1.78 bits per heavy atom. The number of piperazine rings is 1. The number of hydrogen-bond acceptors (Lipinski definition) is 5. The number of methoxy groups -OCH3 is 1. The van der Waals surface area contributed by atoms with Crippen LogP contribution in [0.25, 0.3) is 11.0 Å². The van der Waals surface area contributed by atoms with E-state index in [-0.39, 0.29) is 5.91 Å². The number of para-hydroxylation sites is 2. The quantitative estimate of drug-likeness (QED) is 0.714. The topological polar surface area (TPSA) is 58.6 Å². The second-order valence-electron chi connectivity index (χ2n) is 6.61. The van der Waals surface area contributed by atoms with Gasteiger partial charge in [-0.25, -0.2) is 0 Å². The SMILES string of the molecule is COc1ccccc1C(=O)N1CCN(Cc2cccc3nccnc23)CC1. The zero-order valence-electron chi connectivity index (χ0n) is 15.3. The molecule has 1 aliphatic rings. The second-order valence-corrected chi connectivity index (χ2v) is 6.61. The predicted molar refractivity (Wildman–Crippen MR) is 104 cm³/mol. The van der Waals surface area contributed by atoms with Crippen LogP contribution in [0.3, 0.4) is 0 Å². The number of rotatable bonds is 4. The molecule has 4 rings (SSSR count). The first-order valence-corrected chi connectivity index (χ1v) is 9.09. The van der Waals surface area contributed by atoms with Gasteiger partial charge in [0.2, 0.25) is 0 Å². The van der Waals surface area contributed by atoms with Crippen molar-refractivity contribution in [3.05, 3.63) is 66.0 Å². The van der Waals surface area contributed by atoms with Crippen LogP contribution >= 0.6 is 0 Å². The number of amides is 1. The Bertz CT molecular complexity index is 946. The molecule has 27 heavy (non-hydrogen) atoms. The summed E-state index contributed by atoms with van der Waals surface area (Å²) in [6.07, 6.45) is 3.45. The Balaban J connectivity index is 1.42. The lowest BCUT2D eigenvalue weighted by molar-refractivity contribution is 0.0625. The van der Waals surface area contributed by atoms with E-state index in [0.717, 1.165) is 30.7 Å². The first-order valence-electron chi connectivity index (χ1n) is 9.09. The van der Waals surface area contributed by atoms with Crippen molar-refractivity contribution in [3.8, 4) is 5.75 Å². The van der Waals surface area contributed by atoms with Crippen molar-refractivity contribution in [2.24, 2.45) is 0 Å². The second kappa shape index (κ2) is 7.72. The molecule has 0 spiro atoms. The first kappa shape index (κ1) is 17.4. The van der Waals surface area contributed by atoms with Crippen LogP contribution in [0.4, 0.5) is 0 Å². The molecule has 0 aliphatic carbocycles. The maximum absolute atomic E-state index is 12.8. The van der Waals surface area contributed by atoms with Gasteiger partial charge in [-0.05, 0) is 23.8 Å². The summed E-state index contributed by atoms with van der Waals surface area (Å²) in [7, 11) is 1.59. The van der Waals surface area contributed by atoms with Crippen molar-refractivity contribution in [1.29, 1.82) is 0 Å².